The zero-order chi connectivity index (χ0) is 14.2. The molecule has 0 saturated heterocycles. The molecule has 2 N–H and O–H groups in total. The van der Waals surface area contributed by atoms with E-state index in [1.807, 2.05) is 14.0 Å². The Kier molecular flexibility index (Phi) is 9.64. The first-order valence-corrected chi connectivity index (χ1v) is 8.40. The molecule has 0 aromatic carbocycles. The molecule has 2 saturated carbocycles. The Bertz CT molecular complexity index is 306. The van der Waals surface area contributed by atoms with Gasteiger partial charge in [-0.2, -0.15) is 0 Å². The molecule has 124 valence electrons. The van der Waals surface area contributed by atoms with E-state index in [2.05, 4.69) is 15.6 Å². The SMILES string of the molecule is CCOCCCNC(=NC)NC1CC1C1CCCCC1.I. The van der Waals surface area contributed by atoms with E-state index in [1.54, 1.807) is 0 Å². The monoisotopic (exact) mass is 409 g/mol. The van der Waals surface area contributed by atoms with Crippen LogP contribution in [-0.4, -0.2) is 38.8 Å². The Balaban J connectivity index is 0.00000220. The fourth-order valence-electron chi connectivity index (χ4n) is 3.36. The van der Waals surface area contributed by atoms with Gasteiger partial charge in [0.1, 0.15) is 0 Å². The van der Waals surface area contributed by atoms with E-state index in [0.29, 0.717) is 6.04 Å². The van der Waals surface area contributed by atoms with E-state index in [1.165, 1.54) is 38.5 Å². The second-order valence-electron chi connectivity index (χ2n) is 6.10. The summed E-state index contributed by atoms with van der Waals surface area (Å²) in [7, 11) is 1.86. The average Bonchev–Trinajstić information content (AvgIpc) is 3.26. The Morgan fingerprint density at radius 3 is 2.67 bits per heavy atom. The average molecular weight is 409 g/mol. The van der Waals surface area contributed by atoms with Crippen LogP contribution in [0.4, 0.5) is 0 Å². The van der Waals surface area contributed by atoms with Gasteiger partial charge in [-0.05, 0) is 31.6 Å². The highest BCUT2D eigenvalue weighted by atomic mass is 127. The van der Waals surface area contributed by atoms with Crippen LogP contribution >= 0.6 is 24.0 Å². The van der Waals surface area contributed by atoms with Gasteiger partial charge in [0.15, 0.2) is 5.96 Å². The Labute approximate surface area is 146 Å². The van der Waals surface area contributed by atoms with Crippen molar-refractivity contribution in [1.29, 1.82) is 0 Å². The molecule has 2 unspecified atom stereocenters. The van der Waals surface area contributed by atoms with E-state index in [-0.39, 0.29) is 24.0 Å². The standard InChI is InChI=1S/C16H31N3O.HI/c1-3-20-11-7-10-18-16(17-2)19-15-12-14(15)13-8-5-4-6-9-13;/h13-15H,3-12H2,1-2H3,(H2,17,18,19);1H. The van der Waals surface area contributed by atoms with Gasteiger partial charge in [-0.3, -0.25) is 4.99 Å². The van der Waals surface area contributed by atoms with Crippen LogP contribution in [0.25, 0.3) is 0 Å². The lowest BCUT2D eigenvalue weighted by Gasteiger charge is -2.22. The molecule has 0 radical (unpaired) electrons. The minimum absolute atomic E-state index is 0. The Morgan fingerprint density at radius 2 is 2.00 bits per heavy atom. The molecule has 0 aromatic rings. The number of nitrogens with one attached hydrogen (secondary N) is 2. The molecule has 2 atom stereocenters. The highest BCUT2D eigenvalue weighted by molar-refractivity contribution is 14.0. The van der Waals surface area contributed by atoms with Gasteiger partial charge in [-0.25, -0.2) is 0 Å². The predicted octanol–water partition coefficient (Wildman–Crippen LogP) is 3.16. The maximum atomic E-state index is 5.34. The summed E-state index contributed by atoms with van der Waals surface area (Å²) in [6.07, 6.45) is 9.60. The van der Waals surface area contributed by atoms with E-state index < -0.39 is 0 Å². The molecular formula is C16H32IN3O. The van der Waals surface area contributed by atoms with Crippen molar-refractivity contribution in [3.63, 3.8) is 0 Å². The lowest BCUT2D eigenvalue weighted by molar-refractivity contribution is 0.145. The molecule has 2 fully saturated rings. The number of nitrogens with zero attached hydrogens (tertiary/aromatic N) is 1. The number of guanidine groups is 1. The van der Waals surface area contributed by atoms with E-state index >= 15 is 0 Å². The summed E-state index contributed by atoms with van der Waals surface area (Å²) in [5, 5.41) is 6.96. The minimum atomic E-state index is 0. The highest BCUT2D eigenvalue weighted by Crippen LogP contribution is 2.44. The molecule has 0 amide bonds. The first-order chi connectivity index (χ1) is 9.85. The molecule has 2 rings (SSSR count). The van der Waals surface area contributed by atoms with Gasteiger partial charge in [-0.15, -0.1) is 24.0 Å². The molecule has 0 aliphatic heterocycles. The summed E-state index contributed by atoms with van der Waals surface area (Å²) < 4.78 is 5.34. The van der Waals surface area contributed by atoms with Crippen LogP contribution in [0, 0.1) is 11.8 Å². The minimum Gasteiger partial charge on any atom is -0.382 e. The molecule has 2 aliphatic carbocycles. The van der Waals surface area contributed by atoms with E-state index in [9.17, 15) is 0 Å². The maximum absolute atomic E-state index is 5.34. The van der Waals surface area contributed by atoms with Crippen LogP contribution in [-0.2, 0) is 4.74 Å². The first-order valence-electron chi connectivity index (χ1n) is 8.40. The molecule has 21 heavy (non-hydrogen) atoms. The van der Waals surface area contributed by atoms with Crippen molar-refractivity contribution in [1.82, 2.24) is 10.6 Å². The molecule has 0 aromatic heterocycles. The van der Waals surface area contributed by atoms with Crippen molar-refractivity contribution >= 4 is 29.9 Å². The van der Waals surface area contributed by atoms with Gasteiger partial charge >= 0.3 is 0 Å². The van der Waals surface area contributed by atoms with Gasteiger partial charge in [0.05, 0.1) is 0 Å². The van der Waals surface area contributed by atoms with Crippen molar-refractivity contribution in [2.24, 2.45) is 16.8 Å². The lowest BCUT2D eigenvalue weighted by Crippen LogP contribution is -2.40. The summed E-state index contributed by atoms with van der Waals surface area (Å²) in [4.78, 5) is 4.32. The van der Waals surface area contributed by atoms with Crippen LogP contribution < -0.4 is 10.6 Å². The summed E-state index contributed by atoms with van der Waals surface area (Å²) in [6, 6.07) is 0.663. The lowest BCUT2D eigenvalue weighted by atomic mass is 9.85. The predicted molar refractivity (Wildman–Crippen MR) is 99.5 cm³/mol. The quantitative estimate of drug-likeness (QED) is 0.294. The summed E-state index contributed by atoms with van der Waals surface area (Å²) in [6.45, 7) is 4.60. The molecule has 0 spiro atoms. The van der Waals surface area contributed by atoms with Crippen molar-refractivity contribution in [3.8, 4) is 0 Å². The van der Waals surface area contributed by atoms with Crippen molar-refractivity contribution in [2.75, 3.05) is 26.8 Å². The third kappa shape index (κ3) is 6.72. The van der Waals surface area contributed by atoms with Gasteiger partial charge < -0.3 is 15.4 Å². The van der Waals surface area contributed by atoms with Crippen LogP contribution in [0.1, 0.15) is 51.9 Å². The van der Waals surface area contributed by atoms with Crippen molar-refractivity contribution in [3.05, 3.63) is 0 Å². The number of hydrogen-bond donors (Lipinski definition) is 2. The second kappa shape index (κ2) is 10.6. The van der Waals surface area contributed by atoms with Gasteiger partial charge in [0.2, 0.25) is 0 Å². The molecule has 5 heteroatoms. The zero-order valence-electron chi connectivity index (χ0n) is 13.6. The van der Waals surface area contributed by atoms with Crippen LogP contribution in [0.2, 0.25) is 0 Å². The number of halogens is 1. The summed E-state index contributed by atoms with van der Waals surface area (Å²) >= 11 is 0. The van der Waals surface area contributed by atoms with Crippen molar-refractivity contribution in [2.45, 2.75) is 57.9 Å². The van der Waals surface area contributed by atoms with Crippen LogP contribution in [0.3, 0.4) is 0 Å². The maximum Gasteiger partial charge on any atom is 0.191 e. The number of ether oxygens (including phenoxy) is 1. The Hall–Kier alpha value is -0.0400. The van der Waals surface area contributed by atoms with Crippen LogP contribution in [0.5, 0.6) is 0 Å². The normalized spacial score (nSPS) is 26.1. The highest BCUT2D eigenvalue weighted by Gasteiger charge is 2.43. The summed E-state index contributed by atoms with van der Waals surface area (Å²) in [5.74, 6) is 2.83. The fourth-order valence-corrected chi connectivity index (χ4v) is 3.36. The van der Waals surface area contributed by atoms with E-state index in [4.69, 9.17) is 4.74 Å². The molecule has 2 aliphatic rings. The van der Waals surface area contributed by atoms with Crippen LogP contribution in [0.15, 0.2) is 4.99 Å². The zero-order valence-corrected chi connectivity index (χ0v) is 15.9. The smallest absolute Gasteiger partial charge is 0.191 e. The second-order valence-corrected chi connectivity index (χ2v) is 6.10. The molecule has 0 heterocycles. The first kappa shape index (κ1) is 19.0. The molecular weight excluding hydrogens is 377 g/mol. The topological polar surface area (TPSA) is 45.6 Å². The Morgan fingerprint density at radius 1 is 1.24 bits per heavy atom. The van der Waals surface area contributed by atoms with Crippen molar-refractivity contribution < 1.29 is 4.74 Å². The fraction of sp³-hybridized carbons (Fsp3) is 0.938. The number of rotatable bonds is 7. The van der Waals surface area contributed by atoms with E-state index in [0.717, 1.165) is 44.0 Å². The van der Waals surface area contributed by atoms with Gasteiger partial charge in [0, 0.05) is 32.8 Å². The molecule has 0 bridgehead atoms. The van der Waals surface area contributed by atoms with Gasteiger partial charge in [0.25, 0.3) is 0 Å². The number of hydrogen-bond acceptors (Lipinski definition) is 2. The van der Waals surface area contributed by atoms with Gasteiger partial charge in [-0.1, -0.05) is 32.1 Å². The largest absolute Gasteiger partial charge is 0.382 e. The number of aliphatic imine (C=N–C) groups is 1. The summed E-state index contributed by atoms with van der Waals surface area (Å²) in [5.41, 5.74) is 0. The molecule has 4 nitrogen and oxygen atoms in total. The third-order valence-electron chi connectivity index (χ3n) is 4.60. The third-order valence-corrected chi connectivity index (χ3v) is 4.60.